The Labute approximate surface area is 123 Å². The largest absolute Gasteiger partial charge is 0.342 e. The number of nitrogens with two attached hydrogens (primary N) is 1. The lowest BCUT2D eigenvalue weighted by atomic mass is 9.73. The zero-order chi connectivity index (χ0) is 14.3. The molecule has 114 valence electrons. The Balaban J connectivity index is 1.62. The summed E-state index contributed by atoms with van der Waals surface area (Å²) in [5, 5.41) is 0. The van der Waals surface area contributed by atoms with Crippen LogP contribution in [0.4, 0.5) is 0 Å². The normalized spacial score (nSPS) is 39.2. The number of likely N-dealkylation sites (tertiary alicyclic amines) is 1. The van der Waals surface area contributed by atoms with Gasteiger partial charge in [-0.2, -0.15) is 0 Å². The van der Waals surface area contributed by atoms with E-state index in [1.54, 1.807) is 0 Å². The van der Waals surface area contributed by atoms with Crippen molar-refractivity contribution in [3.8, 4) is 0 Å². The summed E-state index contributed by atoms with van der Waals surface area (Å²) in [4.78, 5) is 15.0. The van der Waals surface area contributed by atoms with Gasteiger partial charge in [0.15, 0.2) is 0 Å². The molecule has 0 aromatic carbocycles. The number of carbonyl (C=O) groups is 1. The number of nitrogens with zero attached hydrogens (tertiary/aromatic N) is 1. The molecule has 0 aromatic heterocycles. The van der Waals surface area contributed by atoms with Crippen LogP contribution in [0.15, 0.2) is 0 Å². The highest BCUT2D eigenvalue weighted by molar-refractivity contribution is 5.80. The molecule has 3 rings (SSSR count). The molecule has 2 bridgehead atoms. The van der Waals surface area contributed by atoms with Crippen molar-refractivity contribution in [1.82, 2.24) is 4.90 Å². The van der Waals surface area contributed by atoms with E-state index in [1.807, 2.05) is 0 Å². The highest BCUT2D eigenvalue weighted by atomic mass is 16.2. The lowest BCUT2D eigenvalue weighted by Crippen LogP contribution is -2.50. The van der Waals surface area contributed by atoms with Crippen LogP contribution in [-0.4, -0.2) is 29.9 Å². The van der Waals surface area contributed by atoms with Crippen LogP contribution >= 0.6 is 0 Å². The van der Waals surface area contributed by atoms with Crippen molar-refractivity contribution in [1.29, 1.82) is 0 Å². The number of rotatable bonds is 3. The van der Waals surface area contributed by atoms with E-state index in [9.17, 15) is 4.79 Å². The van der Waals surface area contributed by atoms with Crippen LogP contribution in [0.3, 0.4) is 0 Å². The molecule has 3 heteroatoms. The summed E-state index contributed by atoms with van der Waals surface area (Å²) in [6.45, 7) is 6.52. The fourth-order valence-electron chi connectivity index (χ4n) is 5.07. The summed E-state index contributed by atoms with van der Waals surface area (Å²) < 4.78 is 0. The average Bonchev–Trinajstić information content (AvgIpc) is 3.07. The van der Waals surface area contributed by atoms with Gasteiger partial charge in [0.2, 0.25) is 5.91 Å². The van der Waals surface area contributed by atoms with Crippen molar-refractivity contribution < 1.29 is 4.79 Å². The summed E-state index contributed by atoms with van der Waals surface area (Å²) in [7, 11) is 0. The fraction of sp³-hybridized carbons (Fsp3) is 0.941. The molecule has 2 aliphatic carbocycles. The maximum atomic E-state index is 12.8. The van der Waals surface area contributed by atoms with Crippen molar-refractivity contribution in [3.63, 3.8) is 0 Å². The Bertz CT molecular complexity index is 365. The molecular formula is C17H30N2O. The van der Waals surface area contributed by atoms with Gasteiger partial charge >= 0.3 is 0 Å². The number of amides is 1. The standard InChI is InChI=1S/C17H30N2O/c1-3-17(4-2)7-9-19(10-8-17)16(20)14-12-5-6-13(11-12)15(14)18/h12-15H,3-11,18H2,1-2H3. The first-order valence-electron chi connectivity index (χ1n) is 8.64. The van der Waals surface area contributed by atoms with Crippen LogP contribution in [0.2, 0.25) is 0 Å². The van der Waals surface area contributed by atoms with Gasteiger partial charge in [0, 0.05) is 19.1 Å². The Kier molecular flexibility index (Phi) is 3.83. The van der Waals surface area contributed by atoms with E-state index in [4.69, 9.17) is 5.73 Å². The molecule has 2 N–H and O–H groups in total. The van der Waals surface area contributed by atoms with E-state index in [2.05, 4.69) is 18.7 Å². The van der Waals surface area contributed by atoms with E-state index >= 15 is 0 Å². The second-order valence-electron chi connectivity index (χ2n) is 7.47. The third-order valence-electron chi connectivity index (χ3n) is 6.90. The maximum Gasteiger partial charge on any atom is 0.227 e. The third-order valence-corrected chi connectivity index (χ3v) is 6.90. The number of piperidine rings is 1. The van der Waals surface area contributed by atoms with Crippen LogP contribution in [0.1, 0.15) is 58.8 Å². The van der Waals surface area contributed by atoms with Gasteiger partial charge in [-0.25, -0.2) is 0 Å². The fourth-order valence-corrected chi connectivity index (χ4v) is 5.07. The number of fused-ring (bicyclic) bond motifs is 2. The molecule has 1 aliphatic heterocycles. The van der Waals surface area contributed by atoms with E-state index in [-0.39, 0.29) is 12.0 Å². The molecule has 20 heavy (non-hydrogen) atoms. The minimum atomic E-state index is 0.143. The number of carbonyl (C=O) groups excluding carboxylic acids is 1. The lowest BCUT2D eigenvalue weighted by molar-refractivity contribution is -0.140. The summed E-state index contributed by atoms with van der Waals surface area (Å²) in [5.74, 6) is 1.74. The smallest absolute Gasteiger partial charge is 0.227 e. The second kappa shape index (κ2) is 5.32. The molecule has 0 radical (unpaired) electrons. The second-order valence-corrected chi connectivity index (χ2v) is 7.47. The molecule has 0 aromatic rings. The van der Waals surface area contributed by atoms with Crippen LogP contribution < -0.4 is 5.73 Å². The minimum absolute atomic E-state index is 0.143. The maximum absolute atomic E-state index is 12.8. The Morgan fingerprint density at radius 1 is 1.15 bits per heavy atom. The summed E-state index contributed by atoms with van der Waals surface area (Å²) in [6.07, 6.45) is 8.56. The van der Waals surface area contributed by atoms with Crippen molar-refractivity contribution in [2.24, 2.45) is 28.9 Å². The predicted molar refractivity (Wildman–Crippen MR) is 81.1 cm³/mol. The van der Waals surface area contributed by atoms with Crippen LogP contribution in [0, 0.1) is 23.2 Å². The third kappa shape index (κ3) is 2.18. The molecule has 1 saturated heterocycles. The highest BCUT2D eigenvalue weighted by Gasteiger charge is 2.50. The topological polar surface area (TPSA) is 46.3 Å². The summed E-state index contributed by atoms with van der Waals surface area (Å²) in [5.41, 5.74) is 6.82. The zero-order valence-corrected chi connectivity index (χ0v) is 13.1. The molecule has 1 heterocycles. The van der Waals surface area contributed by atoms with Gasteiger partial charge in [-0.1, -0.05) is 26.7 Å². The Hall–Kier alpha value is -0.570. The van der Waals surface area contributed by atoms with Crippen LogP contribution in [0.25, 0.3) is 0 Å². The molecule has 3 nitrogen and oxygen atoms in total. The molecular weight excluding hydrogens is 248 g/mol. The van der Waals surface area contributed by atoms with Crippen molar-refractivity contribution in [2.75, 3.05) is 13.1 Å². The highest BCUT2D eigenvalue weighted by Crippen LogP contribution is 2.48. The van der Waals surface area contributed by atoms with Gasteiger partial charge in [-0.3, -0.25) is 4.79 Å². The molecule has 3 aliphatic rings. The molecule has 4 atom stereocenters. The number of hydrogen-bond donors (Lipinski definition) is 1. The average molecular weight is 278 g/mol. The van der Waals surface area contributed by atoms with E-state index in [0.29, 0.717) is 23.2 Å². The van der Waals surface area contributed by atoms with Gasteiger partial charge in [0.1, 0.15) is 0 Å². The first-order chi connectivity index (χ1) is 9.60. The molecule has 1 amide bonds. The van der Waals surface area contributed by atoms with Gasteiger partial charge in [-0.15, -0.1) is 0 Å². The Morgan fingerprint density at radius 3 is 2.25 bits per heavy atom. The van der Waals surface area contributed by atoms with Gasteiger partial charge in [0.25, 0.3) is 0 Å². The van der Waals surface area contributed by atoms with Gasteiger partial charge in [-0.05, 0) is 49.4 Å². The van der Waals surface area contributed by atoms with Crippen molar-refractivity contribution >= 4 is 5.91 Å². The quantitative estimate of drug-likeness (QED) is 0.863. The number of hydrogen-bond acceptors (Lipinski definition) is 2. The minimum Gasteiger partial charge on any atom is -0.342 e. The predicted octanol–water partition coefficient (Wildman–Crippen LogP) is 2.79. The van der Waals surface area contributed by atoms with Crippen LogP contribution in [0.5, 0.6) is 0 Å². The van der Waals surface area contributed by atoms with Gasteiger partial charge in [0.05, 0.1) is 5.92 Å². The lowest BCUT2D eigenvalue weighted by Gasteiger charge is -2.43. The van der Waals surface area contributed by atoms with Gasteiger partial charge < -0.3 is 10.6 Å². The summed E-state index contributed by atoms with van der Waals surface area (Å²) in [6, 6.07) is 0.144. The van der Waals surface area contributed by atoms with E-state index in [1.165, 1.54) is 44.9 Å². The molecule has 3 fully saturated rings. The first-order valence-corrected chi connectivity index (χ1v) is 8.64. The monoisotopic (exact) mass is 278 g/mol. The van der Waals surface area contributed by atoms with Crippen molar-refractivity contribution in [3.05, 3.63) is 0 Å². The molecule has 2 saturated carbocycles. The first kappa shape index (κ1) is 14.4. The van der Waals surface area contributed by atoms with Crippen LogP contribution in [-0.2, 0) is 4.79 Å². The van der Waals surface area contributed by atoms with Crippen molar-refractivity contribution in [2.45, 2.75) is 64.8 Å². The summed E-state index contributed by atoms with van der Waals surface area (Å²) >= 11 is 0. The Morgan fingerprint density at radius 2 is 1.75 bits per heavy atom. The zero-order valence-electron chi connectivity index (χ0n) is 13.1. The SMILES string of the molecule is CCC1(CC)CCN(C(=O)C2C3CCC(C3)C2N)CC1. The molecule has 0 spiro atoms. The van der Waals surface area contributed by atoms with E-state index in [0.717, 1.165) is 13.1 Å². The molecule has 4 unspecified atom stereocenters. The van der Waals surface area contributed by atoms with E-state index < -0.39 is 0 Å².